The standard InChI is InChI=1S/C27H42F2O/c1-18(8-6-14-26(3,4)29)23-12-13-24-20(9-7-15-27(23,24)5)10-11-21-16-22(30)17-25(28)19(21)2/h10-11,18,22-25,30H,2,6-9,12-17H2,1,3-5H3/b20-10+,21-11+/t18-,22-,23-,24+,25-,27-/m1/s1. The summed E-state index contributed by atoms with van der Waals surface area (Å²) in [5, 5.41) is 9.95. The molecule has 0 spiro atoms. The summed E-state index contributed by atoms with van der Waals surface area (Å²) < 4.78 is 28.0. The van der Waals surface area contributed by atoms with E-state index < -0.39 is 17.9 Å². The molecule has 0 unspecified atom stereocenters. The SMILES string of the molecule is C=C1/C(=C/C=C2\CCC[C@]3(C)[C@@H]([C@H](C)CCCC(C)(C)F)CC[C@@H]23)C[C@@H](O)C[C@H]1F. The fraction of sp³-hybridized carbons (Fsp3) is 0.778. The Hall–Kier alpha value is -0.960. The van der Waals surface area contributed by atoms with Crippen LogP contribution in [0.1, 0.15) is 91.9 Å². The molecule has 0 amide bonds. The summed E-state index contributed by atoms with van der Waals surface area (Å²) in [5.74, 6) is 1.92. The number of alkyl halides is 2. The number of hydrogen-bond donors (Lipinski definition) is 1. The molecule has 0 aromatic rings. The Bertz CT molecular complexity index is 685. The van der Waals surface area contributed by atoms with Crippen LogP contribution in [0.4, 0.5) is 8.78 Å². The molecule has 170 valence electrons. The minimum Gasteiger partial charge on any atom is -0.393 e. The maximum atomic E-state index is 14.1. The Kier molecular flexibility index (Phi) is 7.32. The summed E-state index contributed by atoms with van der Waals surface area (Å²) in [7, 11) is 0. The lowest BCUT2D eigenvalue weighted by molar-refractivity contribution is 0.0903. The van der Waals surface area contributed by atoms with Gasteiger partial charge < -0.3 is 5.11 Å². The average molecular weight is 421 g/mol. The van der Waals surface area contributed by atoms with Crippen LogP contribution in [0, 0.1) is 23.2 Å². The Balaban J connectivity index is 1.70. The van der Waals surface area contributed by atoms with E-state index in [4.69, 9.17) is 0 Å². The average Bonchev–Trinajstić information content (AvgIpc) is 3.00. The fourth-order valence-corrected chi connectivity index (χ4v) is 6.69. The van der Waals surface area contributed by atoms with Crippen molar-refractivity contribution in [2.75, 3.05) is 0 Å². The second-order valence-corrected chi connectivity index (χ2v) is 11.2. The van der Waals surface area contributed by atoms with Gasteiger partial charge in [-0.05, 0) is 93.1 Å². The third-order valence-electron chi connectivity index (χ3n) is 8.38. The zero-order valence-corrected chi connectivity index (χ0v) is 19.5. The van der Waals surface area contributed by atoms with Crippen LogP contribution in [0.5, 0.6) is 0 Å². The van der Waals surface area contributed by atoms with Crippen LogP contribution in [-0.4, -0.2) is 23.1 Å². The topological polar surface area (TPSA) is 20.2 Å². The van der Waals surface area contributed by atoms with Crippen molar-refractivity contribution in [3.63, 3.8) is 0 Å². The molecule has 3 aliphatic carbocycles. The van der Waals surface area contributed by atoms with Gasteiger partial charge in [-0.2, -0.15) is 0 Å². The van der Waals surface area contributed by atoms with Gasteiger partial charge in [-0.3, -0.25) is 0 Å². The van der Waals surface area contributed by atoms with Gasteiger partial charge in [-0.1, -0.05) is 51.0 Å². The first-order valence-electron chi connectivity index (χ1n) is 12.1. The molecular weight excluding hydrogens is 378 g/mol. The molecule has 1 N–H and O–H groups in total. The van der Waals surface area contributed by atoms with E-state index >= 15 is 0 Å². The Morgan fingerprint density at radius 3 is 2.73 bits per heavy atom. The minimum absolute atomic E-state index is 0.173. The quantitative estimate of drug-likeness (QED) is 0.467. The molecule has 0 aromatic heterocycles. The number of hydrogen-bond acceptors (Lipinski definition) is 1. The van der Waals surface area contributed by atoms with Gasteiger partial charge in [0, 0.05) is 6.42 Å². The van der Waals surface area contributed by atoms with Crippen LogP contribution in [0.25, 0.3) is 0 Å². The van der Waals surface area contributed by atoms with E-state index in [1.165, 1.54) is 31.3 Å². The highest BCUT2D eigenvalue weighted by atomic mass is 19.1. The largest absolute Gasteiger partial charge is 0.393 e. The van der Waals surface area contributed by atoms with E-state index in [2.05, 4.69) is 26.5 Å². The van der Waals surface area contributed by atoms with E-state index in [1.807, 2.05) is 6.08 Å². The molecular formula is C27H42F2O. The van der Waals surface area contributed by atoms with Crippen LogP contribution in [0.3, 0.4) is 0 Å². The Labute approximate surface area is 182 Å². The molecule has 0 bridgehead atoms. The Morgan fingerprint density at radius 2 is 2.03 bits per heavy atom. The van der Waals surface area contributed by atoms with E-state index in [1.54, 1.807) is 13.8 Å². The first-order valence-corrected chi connectivity index (χ1v) is 12.1. The van der Waals surface area contributed by atoms with Gasteiger partial charge in [0.05, 0.1) is 6.10 Å². The lowest BCUT2D eigenvalue weighted by Gasteiger charge is -2.44. The van der Waals surface area contributed by atoms with Gasteiger partial charge >= 0.3 is 0 Å². The van der Waals surface area contributed by atoms with Crippen molar-refractivity contribution in [1.82, 2.24) is 0 Å². The van der Waals surface area contributed by atoms with Gasteiger partial charge in [-0.25, -0.2) is 8.78 Å². The van der Waals surface area contributed by atoms with Gasteiger partial charge in [0.1, 0.15) is 11.8 Å². The first-order chi connectivity index (χ1) is 14.0. The summed E-state index contributed by atoms with van der Waals surface area (Å²) in [4.78, 5) is 0. The van der Waals surface area contributed by atoms with E-state index in [0.29, 0.717) is 41.6 Å². The maximum absolute atomic E-state index is 14.1. The summed E-state index contributed by atoms with van der Waals surface area (Å²) in [6.07, 6.45) is 12.0. The third-order valence-corrected chi connectivity index (χ3v) is 8.38. The van der Waals surface area contributed by atoms with E-state index in [0.717, 1.165) is 24.8 Å². The number of fused-ring (bicyclic) bond motifs is 1. The highest BCUT2D eigenvalue weighted by Crippen LogP contribution is 2.60. The highest BCUT2D eigenvalue weighted by molar-refractivity contribution is 5.38. The van der Waals surface area contributed by atoms with Crippen LogP contribution >= 0.6 is 0 Å². The molecule has 6 atom stereocenters. The van der Waals surface area contributed by atoms with Crippen LogP contribution < -0.4 is 0 Å². The fourth-order valence-electron chi connectivity index (χ4n) is 6.69. The van der Waals surface area contributed by atoms with Crippen LogP contribution in [0.2, 0.25) is 0 Å². The number of aliphatic hydroxyl groups is 1. The summed E-state index contributed by atoms with van der Waals surface area (Å²) in [5.41, 5.74) is 2.17. The third kappa shape index (κ3) is 5.26. The highest BCUT2D eigenvalue weighted by Gasteiger charge is 2.50. The van der Waals surface area contributed by atoms with Gasteiger partial charge in [-0.15, -0.1) is 0 Å². The normalized spacial score (nSPS) is 38.8. The van der Waals surface area contributed by atoms with Crippen LogP contribution in [-0.2, 0) is 0 Å². The van der Waals surface area contributed by atoms with Crippen molar-refractivity contribution in [3.05, 3.63) is 35.5 Å². The zero-order chi connectivity index (χ0) is 22.1. The van der Waals surface area contributed by atoms with Gasteiger partial charge in [0.15, 0.2) is 0 Å². The maximum Gasteiger partial charge on any atom is 0.127 e. The van der Waals surface area contributed by atoms with Crippen molar-refractivity contribution in [1.29, 1.82) is 0 Å². The zero-order valence-electron chi connectivity index (χ0n) is 19.5. The molecule has 0 saturated heterocycles. The lowest BCUT2D eigenvalue weighted by atomic mass is 9.60. The summed E-state index contributed by atoms with van der Waals surface area (Å²) >= 11 is 0. The molecule has 1 nitrogen and oxygen atoms in total. The summed E-state index contributed by atoms with van der Waals surface area (Å²) in [6, 6.07) is 0. The molecule has 0 aromatic carbocycles. The van der Waals surface area contributed by atoms with Crippen molar-refractivity contribution in [3.8, 4) is 0 Å². The van der Waals surface area contributed by atoms with Crippen molar-refractivity contribution in [2.24, 2.45) is 23.2 Å². The van der Waals surface area contributed by atoms with Crippen molar-refractivity contribution >= 4 is 0 Å². The first kappa shape index (κ1) is 23.7. The molecule has 0 heterocycles. The van der Waals surface area contributed by atoms with Crippen molar-refractivity contribution < 1.29 is 13.9 Å². The predicted molar refractivity (Wildman–Crippen MR) is 122 cm³/mol. The smallest absolute Gasteiger partial charge is 0.127 e. The molecule has 0 aliphatic heterocycles. The molecule has 3 aliphatic rings. The van der Waals surface area contributed by atoms with Gasteiger partial charge in [0.25, 0.3) is 0 Å². The molecule has 0 radical (unpaired) electrons. The second-order valence-electron chi connectivity index (χ2n) is 11.2. The molecule has 30 heavy (non-hydrogen) atoms. The molecule has 3 saturated carbocycles. The number of rotatable bonds is 6. The molecule has 3 heteroatoms. The monoisotopic (exact) mass is 420 g/mol. The lowest BCUT2D eigenvalue weighted by Crippen LogP contribution is -2.36. The number of aliphatic hydroxyl groups excluding tert-OH is 1. The van der Waals surface area contributed by atoms with Crippen molar-refractivity contribution in [2.45, 2.75) is 110 Å². The predicted octanol–water partition coefficient (Wildman–Crippen LogP) is 7.66. The van der Waals surface area contributed by atoms with Gasteiger partial charge in [0.2, 0.25) is 0 Å². The summed E-state index contributed by atoms with van der Waals surface area (Å²) in [6.45, 7) is 12.1. The number of halogens is 2. The van der Waals surface area contributed by atoms with E-state index in [-0.39, 0.29) is 6.42 Å². The molecule has 3 rings (SSSR count). The number of allylic oxidation sites excluding steroid dienone is 4. The van der Waals surface area contributed by atoms with Crippen LogP contribution in [0.15, 0.2) is 35.5 Å². The molecule has 3 fully saturated rings. The Morgan fingerprint density at radius 1 is 1.30 bits per heavy atom. The minimum atomic E-state index is -1.12. The second kappa shape index (κ2) is 9.27. The van der Waals surface area contributed by atoms with E-state index in [9.17, 15) is 13.9 Å².